The minimum atomic E-state index is 0.829. The zero-order valence-corrected chi connectivity index (χ0v) is 12.0. The highest BCUT2D eigenvalue weighted by atomic mass is 32.1. The second-order valence-electron chi connectivity index (χ2n) is 5.16. The molecule has 2 heterocycles. The van der Waals surface area contributed by atoms with Crippen LogP contribution in [0.3, 0.4) is 0 Å². The summed E-state index contributed by atoms with van der Waals surface area (Å²) in [7, 11) is 0. The molecule has 5 nitrogen and oxygen atoms in total. The first-order chi connectivity index (χ1) is 9.31. The molecule has 0 spiro atoms. The average molecular weight is 277 g/mol. The molecule has 0 radical (unpaired) electrons. The Hall–Kier alpha value is -1.27. The fraction of sp³-hybridized carbons (Fsp3) is 0.615. The van der Waals surface area contributed by atoms with Gasteiger partial charge in [0.15, 0.2) is 0 Å². The molecule has 1 fully saturated rings. The van der Waals surface area contributed by atoms with Crippen molar-refractivity contribution in [2.45, 2.75) is 39.3 Å². The maximum atomic E-state index is 4.26. The Bertz CT molecular complexity index is 529. The Morgan fingerprint density at radius 3 is 3.11 bits per heavy atom. The number of hydrogen-bond donors (Lipinski definition) is 1. The number of nitrogens with zero attached hydrogens (tertiary/aromatic N) is 4. The van der Waals surface area contributed by atoms with Gasteiger partial charge in [-0.1, -0.05) is 5.21 Å². The molecule has 6 heteroatoms. The van der Waals surface area contributed by atoms with Gasteiger partial charge in [-0.3, -0.25) is 4.68 Å². The van der Waals surface area contributed by atoms with E-state index in [0.29, 0.717) is 0 Å². The van der Waals surface area contributed by atoms with Crippen LogP contribution in [-0.4, -0.2) is 26.5 Å². The fourth-order valence-corrected chi connectivity index (χ4v) is 2.81. The number of thiazole rings is 1. The smallest absolute Gasteiger partial charge is 0.0964 e. The third-order valence-electron chi connectivity index (χ3n) is 3.43. The van der Waals surface area contributed by atoms with Crippen molar-refractivity contribution < 1.29 is 0 Å². The molecule has 0 atom stereocenters. The van der Waals surface area contributed by atoms with Crippen LogP contribution in [0.15, 0.2) is 11.7 Å². The topological polar surface area (TPSA) is 55.6 Å². The number of nitrogens with one attached hydrogen (secondary N) is 1. The Kier molecular flexibility index (Phi) is 3.89. The number of rotatable bonds is 7. The molecule has 0 aromatic carbocycles. The van der Waals surface area contributed by atoms with Crippen LogP contribution >= 0.6 is 11.3 Å². The van der Waals surface area contributed by atoms with Gasteiger partial charge in [-0.2, -0.15) is 0 Å². The maximum absolute atomic E-state index is 4.26. The number of aromatic nitrogens is 4. The van der Waals surface area contributed by atoms with Crippen LogP contribution in [0.2, 0.25) is 0 Å². The van der Waals surface area contributed by atoms with E-state index in [2.05, 4.69) is 27.5 Å². The SMILES string of the molecule is Cc1ncsc1CCn1cc(CNCC2CC2)nn1. The predicted molar refractivity (Wildman–Crippen MR) is 75.0 cm³/mol. The third kappa shape index (κ3) is 3.61. The van der Waals surface area contributed by atoms with Crippen LogP contribution < -0.4 is 5.32 Å². The van der Waals surface area contributed by atoms with Crippen molar-refractivity contribution >= 4 is 11.3 Å². The Labute approximate surface area is 117 Å². The van der Waals surface area contributed by atoms with Crippen LogP contribution in [0.4, 0.5) is 0 Å². The second-order valence-corrected chi connectivity index (χ2v) is 6.10. The van der Waals surface area contributed by atoms with Crippen LogP contribution in [-0.2, 0) is 19.5 Å². The van der Waals surface area contributed by atoms with Crippen molar-refractivity contribution in [2.24, 2.45) is 5.92 Å². The normalized spacial score (nSPS) is 15.0. The molecular weight excluding hydrogens is 258 g/mol. The average Bonchev–Trinajstić information content (AvgIpc) is 2.96. The van der Waals surface area contributed by atoms with Gasteiger partial charge in [0.25, 0.3) is 0 Å². The van der Waals surface area contributed by atoms with E-state index in [1.807, 2.05) is 16.4 Å². The summed E-state index contributed by atoms with van der Waals surface area (Å²) in [6.45, 7) is 4.88. The van der Waals surface area contributed by atoms with Gasteiger partial charge >= 0.3 is 0 Å². The van der Waals surface area contributed by atoms with Gasteiger partial charge in [0.1, 0.15) is 0 Å². The molecule has 0 amide bonds. The highest BCUT2D eigenvalue weighted by Crippen LogP contribution is 2.27. The largest absolute Gasteiger partial charge is 0.311 e. The summed E-state index contributed by atoms with van der Waals surface area (Å²) in [5, 5.41) is 11.8. The molecule has 1 N–H and O–H groups in total. The molecule has 0 aliphatic heterocycles. The van der Waals surface area contributed by atoms with Gasteiger partial charge in [0.05, 0.1) is 16.9 Å². The van der Waals surface area contributed by atoms with Crippen LogP contribution in [0, 0.1) is 12.8 Å². The molecule has 0 bridgehead atoms. The Balaban J connectivity index is 1.45. The fourth-order valence-electron chi connectivity index (χ4n) is 2.04. The highest BCUT2D eigenvalue weighted by Gasteiger charge is 2.20. The summed E-state index contributed by atoms with van der Waals surface area (Å²) in [4.78, 5) is 5.60. The molecule has 0 unspecified atom stereocenters. The molecule has 1 aliphatic carbocycles. The summed E-state index contributed by atoms with van der Waals surface area (Å²) in [5.74, 6) is 0.907. The van der Waals surface area contributed by atoms with E-state index >= 15 is 0 Å². The zero-order chi connectivity index (χ0) is 13.1. The monoisotopic (exact) mass is 277 g/mol. The maximum Gasteiger partial charge on any atom is 0.0964 e. The summed E-state index contributed by atoms with van der Waals surface area (Å²) < 4.78 is 1.92. The van der Waals surface area contributed by atoms with E-state index < -0.39 is 0 Å². The van der Waals surface area contributed by atoms with Crippen molar-refractivity contribution in [1.29, 1.82) is 0 Å². The van der Waals surface area contributed by atoms with Crippen molar-refractivity contribution in [2.75, 3.05) is 6.54 Å². The van der Waals surface area contributed by atoms with Crippen molar-refractivity contribution in [3.8, 4) is 0 Å². The van der Waals surface area contributed by atoms with Crippen LogP contribution in [0.5, 0.6) is 0 Å². The van der Waals surface area contributed by atoms with E-state index in [9.17, 15) is 0 Å². The van der Waals surface area contributed by atoms with Crippen LogP contribution in [0.1, 0.15) is 29.1 Å². The molecule has 1 saturated carbocycles. The van der Waals surface area contributed by atoms with Crippen LogP contribution in [0.25, 0.3) is 0 Å². The quantitative estimate of drug-likeness (QED) is 0.838. The third-order valence-corrected chi connectivity index (χ3v) is 4.43. The first-order valence-corrected chi connectivity index (χ1v) is 7.68. The minimum Gasteiger partial charge on any atom is -0.311 e. The van der Waals surface area contributed by atoms with E-state index in [4.69, 9.17) is 0 Å². The lowest BCUT2D eigenvalue weighted by atomic mass is 10.3. The number of aryl methyl sites for hydroxylation is 3. The first kappa shape index (κ1) is 12.7. The zero-order valence-electron chi connectivity index (χ0n) is 11.2. The van der Waals surface area contributed by atoms with Gasteiger partial charge in [-0.15, -0.1) is 16.4 Å². The van der Waals surface area contributed by atoms with Gasteiger partial charge < -0.3 is 5.32 Å². The number of hydrogen-bond acceptors (Lipinski definition) is 5. The van der Waals surface area contributed by atoms with Gasteiger partial charge in [0, 0.05) is 30.6 Å². The first-order valence-electron chi connectivity index (χ1n) is 6.80. The van der Waals surface area contributed by atoms with E-state index in [1.165, 1.54) is 17.7 Å². The Morgan fingerprint density at radius 1 is 1.47 bits per heavy atom. The minimum absolute atomic E-state index is 0.829. The predicted octanol–water partition coefficient (Wildman–Crippen LogP) is 1.79. The summed E-state index contributed by atoms with van der Waals surface area (Å²) in [6, 6.07) is 0. The highest BCUT2D eigenvalue weighted by molar-refractivity contribution is 7.09. The van der Waals surface area contributed by atoms with E-state index in [0.717, 1.165) is 43.4 Å². The second kappa shape index (κ2) is 5.79. The summed E-state index contributed by atoms with van der Waals surface area (Å²) >= 11 is 1.71. The van der Waals surface area contributed by atoms with Gasteiger partial charge in [-0.25, -0.2) is 4.98 Å². The lowest BCUT2D eigenvalue weighted by Crippen LogP contribution is -2.16. The molecule has 0 saturated heterocycles. The van der Waals surface area contributed by atoms with Gasteiger partial charge in [-0.05, 0) is 32.2 Å². The molecule has 102 valence electrons. The van der Waals surface area contributed by atoms with Gasteiger partial charge in [0.2, 0.25) is 0 Å². The summed E-state index contributed by atoms with van der Waals surface area (Å²) in [6.07, 6.45) is 5.78. The molecule has 2 aromatic rings. The molecule has 19 heavy (non-hydrogen) atoms. The molecule has 3 rings (SSSR count). The standard InChI is InChI=1S/C13H19N5S/c1-10-13(19-9-15-10)4-5-18-8-12(16-17-18)7-14-6-11-2-3-11/h8-9,11,14H,2-7H2,1H3. The van der Waals surface area contributed by atoms with E-state index in [-0.39, 0.29) is 0 Å². The van der Waals surface area contributed by atoms with E-state index in [1.54, 1.807) is 11.3 Å². The molecule has 2 aromatic heterocycles. The Morgan fingerprint density at radius 2 is 2.37 bits per heavy atom. The van der Waals surface area contributed by atoms with Crippen molar-refractivity contribution in [3.63, 3.8) is 0 Å². The van der Waals surface area contributed by atoms with Crippen molar-refractivity contribution in [1.82, 2.24) is 25.3 Å². The lowest BCUT2D eigenvalue weighted by molar-refractivity contribution is 0.590. The lowest BCUT2D eigenvalue weighted by Gasteiger charge is -2.00. The van der Waals surface area contributed by atoms with Crippen molar-refractivity contribution in [3.05, 3.63) is 28.0 Å². The molecular formula is C13H19N5S. The molecule has 1 aliphatic rings. The summed E-state index contributed by atoms with van der Waals surface area (Å²) in [5.41, 5.74) is 4.07.